The fourth-order valence-electron chi connectivity index (χ4n) is 1.30. The van der Waals surface area contributed by atoms with Gasteiger partial charge in [-0.15, -0.1) is 11.3 Å². The zero-order valence-electron chi connectivity index (χ0n) is 10.8. The second-order valence-electron chi connectivity index (χ2n) is 3.94. The molecule has 0 aliphatic carbocycles. The van der Waals surface area contributed by atoms with Gasteiger partial charge in [-0.25, -0.2) is 4.79 Å². The molecule has 0 saturated carbocycles. The smallest absolute Gasteiger partial charge is 0.329 e. The number of urea groups is 1. The molecule has 0 spiro atoms. The van der Waals surface area contributed by atoms with E-state index in [1.165, 1.54) is 23.3 Å². The largest absolute Gasteiger partial charge is 0.405 e. The molecule has 2 amide bonds. The summed E-state index contributed by atoms with van der Waals surface area (Å²) in [7, 11) is 1.43. The molecule has 0 bridgehead atoms. The molecule has 8 heteroatoms. The van der Waals surface area contributed by atoms with E-state index in [1.807, 2.05) is 0 Å². The van der Waals surface area contributed by atoms with Crippen molar-refractivity contribution < 1.29 is 18.0 Å². The van der Waals surface area contributed by atoms with Crippen molar-refractivity contribution in [3.8, 4) is 11.8 Å². The van der Waals surface area contributed by atoms with Gasteiger partial charge in [0.1, 0.15) is 6.54 Å². The predicted molar refractivity (Wildman–Crippen MR) is 71.2 cm³/mol. The van der Waals surface area contributed by atoms with Crippen molar-refractivity contribution in [3.05, 3.63) is 21.9 Å². The highest BCUT2D eigenvalue weighted by molar-refractivity contribution is 7.10. The summed E-state index contributed by atoms with van der Waals surface area (Å²) in [5.41, 5.74) is 6.03. The van der Waals surface area contributed by atoms with Crippen LogP contribution < -0.4 is 11.1 Å². The van der Waals surface area contributed by atoms with E-state index < -0.39 is 18.8 Å². The number of alkyl halides is 3. The molecule has 1 heterocycles. The average Bonchev–Trinajstić information content (AvgIpc) is 2.80. The van der Waals surface area contributed by atoms with E-state index in [0.29, 0.717) is 0 Å². The van der Waals surface area contributed by atoms with Gasteiger partial charge < -0.3 is 16.0 Å². The van der Waals surface area contributed by atoms with Crippen LogP contribution in [0.3, 0.4) is 0 Å². The summed E-state index contributed by atoms with van der Waals surface area (Å²) in [6.07, 6.45) is -4.41. The van der Waals surface area contributed by atoms with E-state index in [-0.39, 0.29) is 13.1 Å². The number of amides is 2. The van der Waals surface area contributed by atoms with Crippen LogP contribution in [0.25, 0.3) is 0 Å². The van der Waals surface area contributed by atoms with Gasteiger partial charge in [0.15, 0.2) is 0 Å². The van der Waals surface area contributed by atoms with Gasteiger partial charge >= 0.3 is 12.2 Å². The van der Waals surface area contributed by atoms with Crippen LogP contribution in [0.15, 0.2) is 11.4 Å². The van der Waals surface area contributed by atoms with Crippen molar-refractivity contribution in [2.45, 2.75) is 12.7 Å². The summed E-state index contributed by atoms with van der Waals surface area (Å²) in [4.78, 5) is 13.5. The fraction of sp³-hybridized carbons (Fsp3) is 0.417. The lowest BCUT2D eigenvalue weighted by molar-refractivity contribution is -0.123. The Morgan fingerprint density at radius 2 is 2.25 bits per heavy atom. The molecule has 1 aromatic heterocycles. The highest BCUT2D eigenvalue weighted by Crippen LogP contribution is 2.16. The quantitative estimate of drug-likeness (QED) is 0.836. The van der Waals surface area contributed by atoms with Crippen molar-refractivity contribution in [3.63, 3.8) is 0 Å². The molecule has 0 aliphatic heterocycles. The maximum atomic E-state index is 12.0. The number of carbonyl (C=O) groups excluding carboxylic acids is 1. The maximum Gasteiger partial charge on any atom is 0.405 e. The highest BCUT2D eigenvalue weighted by Gasteiger charge is 2.28. The first-order valence-electron chi connectivity index (χ1n) is 5.64. The summed E-state index contributed by atoms with van der Waals surface area (Å²) >= 11 is 1.38. The van der Waals surface area contributed by atoms with Gasteiger partial charge in [0.25, 0.3) is 0 Å². The van der Waals surface area contributed by atoms with Crippen LogP contribution in [0, 0.1) is 11.8 Å². The lowest BCUT2D eigenvalue weighted by Gasteiger charge is -2.17. The number of nitrogens with one attached hydrogen (secondary N) is 1. The summed E-state index contributed by atoms with van der Waals surface area (Å²) in [5.74, 6) is 5.54. The van der Waals surface area contributed by atoms with Gasteiger partial charge in [0.2, 0.25) is 0 Å². The minimum Gasteiger partial charge on any atom is -0.329 e. The third-order valence-corrected chi connectivity index (χ3v) is 3.09. The zero-order valence-corrected chi connectivity index (χ0v) is 11.6. The van der Waals surface area contributed by atoms with Crippen molar-refractivity contribution in [2.75, 3.05) is 20.1 Å². The Hall–Kier alpha value is -1.72. The number of hydrogen-bond acceptors (Lipinski definition) is 3. The zero-order chi connectivity index (χ0) is 15.2. The first-order chi connectivity index (χ1) is 9.31. The van der Waals surface area contributed by atoms with Crippen LogP contribution in [-0.2, 0) is 6.54 Å². The molecule has 0 radical (unpaired) electrons. The minimum absolute atomic E-state index is 0.221. The minimum atomic E-state index is -4.41. The first-order valence-corrected chi connectivity index (χ1v) is 6.52. The van der Waals surface area contributed by atoms with Crippen LogP contribution in [0.1, 0.15) is 10.4 Å². The molecule has 110 valence electrons. The van der Waals surface area contributed by atoms with Gasteiger partial charge in [0.05, 0.1) is 13.1 Å². The molecule has 0 fully saturated rings. The van der Waals surface area contributed by atoms with E-state index in [0.717, 1.165) is 10.4 Å². The topological polar surface area (TPSA) is 58.4 Å². The number of carbonyl (C=O) groups is 1. The molecule has 3 N–H and O–H groups in total. The van der Waals surface area contributed by atoms with Gasteiger partial charge in [-0.1, -0.05) is 11.8 Å². The summed E-state index contributed by atoms with van der Waals surface area (Å²) in [6.45, 7) is -0.864. The Labute approximate surface area is 118 Å². The Bertz CT molecular complexity index is 516. The Morgan fingerprint density at radius 1 is 1.55 bits per heavy atom. The average molecular weight is 305 g/mol. The number of hydrogen-bond donors (Lipinski definition) is 2. The van der Waals surface area contributed by atoms with E-state index in [1.54, 1.807) is 16.8 Å². The molecule has 1 rings (SSSR count). The van der Waals surface area contributed by atoms with Crippen LogP contribution >= 0.6 is 11.3 Å². The van der Waals surface area contributed by atoms with E-state index in [2.05, 4.69) is 11.8 Å². The van der Waals surface area contributed by atoms with Crippen LogP contribution in [0.5, 0.6) is 0 Å². The third-order valence-electron chi connectivity index (χ3n) is 2.17. The molecule has 0 atom stereocenters. The van der Waals surface area contributed by atoms with E-state index in [4.69, 9.17) is 5.73 Å². The normalized spacial score (nSPS) is 10.7. The molecular formula is C12H14F3N3OS. The number of nitrogens with zero attached hydrogens (tertiary/aromatic N) is 1. The number of halogens is 3. The van der Waals surface area contributed by atoms with Crippen LogP contribution in [0.4, 0.5) is 18.0 Å². The van der Waals surface area contributed by atoms with Gasteiger partial charge in [-0.05, 0) is 6.07 Å². The van der Waals surface area contributed by atoms with Gasteiger partial charge in [-0.2, -0.15) is 13.2 Å². The van der Waals surface area contributed by atoms with E-state index >= 15 is 0 Å². The van der Waals surface area contributed by atoms with Crippen molar-refractivity contribution >= 4 is 17.4 Å². The highest BCUT2D eigenvalue weighted by atomic mass is 32.1. The Morgan fingerprint density at radius 3 is 2.85 bits per heavy atom. The van der Waals surface area contributed by atoms with Crippen molar-refractivity contribution in [2.24, 2.45) is 5.73 Å². The number of nitrogens with two attached hydrogens (primary N) is 1. The summed E-state index contributed by atoms with van der Waals surface area (Å²) in [5, 5.41) is 3.61. The monoisotopic (exact) mass is 305 g/mol. The fourth-order valence-corrected chi connectivity index (χ4v) is 2.17. The second-order valence-corrected chi connectivity index (χ2v) is 4.93. The lowest BCUT2D eigenvalue weighted by atomic mass is 10.3. The van der Waals surface area contributed by atoms with Crippen LogP contribution in [-0.4, -0.2) is 37.2 Å². The van der Waals surface area contributed by atoms with Gasteiger partial charge in [-0.3, -0.25) is 0 Å². The Kier molecular flexibility index (Phi) is 5.85. The van der Waals surface area contributed by atoms with E-state index in [9.17, 15) is 18.0 Å². The molecule has 20 heavy (non-hydrogen) atoms. The number of thiophene rings is 1. The molecule has 4 nitrogen and oxygen atoms in total. The summed E-state index contributed by atoms with van der Waals surface area (Å²) in [6, 6.07) is 1.01. The van der Waals surface area contributed by atoms with Crippen LogP contribution in [0.2, 0.25) is 0 Å². The molecule has 0 aromatic carbocycles. The first kappa shape index (κ1) is 16.3. The third kappa shape index (κ3) is 5.95. The molecule has 0 aliphatic rings. The molecular weight excluding hydrogens is 291 g/mol. The SMILES string of the molecule is CN(Cc1cc(C#CCN)cs1)C(=O)NCC(F)(F)F. The molecule has 0 unspecified atom stereocenters. The molecule has 1 aromatic rings. The number of rotatable bonds is 3. The Balaban J connectivity index is 2.51. The van der Waals surface area contributed by atoms with Gasteiger partial charge in [0, 0.05) is 22.9 Å². The predicted octanol–water partition coefficient (Wildman–Crippen LogP) is 1.76. The lowest BCUT2D eigenvalue weighted by Crippen LogP contribution is -2.41. The van der Waals surface area contributed by atoms with Crippen molar-refractivity contribution in [1.82, 2.24) is 10.2 Å². The maximum absolute atomic E-state index is 12.0. The second kappa shape index (κ2) is 7.17. The summed E-state index contributed by atoms with van der Waals surface area (Å²) < 4.78 is 35.9. The standard InChI is InChI=1S/C12H14F3N3OS/c1-18(11(19)17-8-12(13,14)15)6-10-5-9(7-20-10)3-2-4-16/h5,7H,4,6,8,16H2,1H3,(H,17,19). The van der Waals surface area contributed by atoms with Crippen molar-refractivity contribution in [1.29, 1.82) is 0 Å². The molecule has 0 saturated heterocycles.